The SMILES string of the molecule is CCCC1CCN(c2ccc(CN)c(C(F)(F)F)c2)C1. The van der Waals surface area contributed by atoms with Gasteiger partial charge in [-0.05, 0) is 36.5 Å². The minimum Gasteiger partial charge on any atom is -0.371 e. The van der Waals surface area contributed by atoms with E-state index in [4.69, 9.17) is 5.73 Å². The Morgan fingerprint density at radius 2 is 2.10 bits per heavy atom. The highest BCUT2D eigenvalue weighted by molar-refractivity contribution is 5.52. The Labute approximate surface area is 117 Å². The molecule has 1 aliphatic heterocycles. The summed E-state index contributed by atoms with van der Waals surface area (Å²) in [5, 5.41) is 0. The van der Waals surface area contributed by atoms with Gasteiger partial charge in [-0.25, -0.2) is 0 Å². The van der Waals surface area contributed by atoms with Gasteiger partial charge in [-0.1, -0.05) is 19.4 Å². The van der Waals surface area contributed by atoms with Crippen molar-refractivity contribution in [1.82, 2.24) is 0 Å². The third kappa shape index (κ3) is 3.26. The van der Waals surface area contributed by atoms with E-state index >= 15 is 0 Å². The molecule has 0 aliphatic carbocycles. The standard InChI is InChI=1S/C15H21F3N2/c1-2-3-11-6-7-20(10-11)13-5-4-12(9-19)14(8-13)15(16,17)18/h4-5,8,11H,2-3,6-7,9-10,19H2,1H3. The fraction of sp³-hybridized carbons (Fsp3) is 0.600. The van der Waals surface area contributed by atoms with E-state index in [9.17, 15) is 13.2 Å². The molecule has 1 aromatic rings. The van der Waals surface area contributed by atoms with Crippen molar-refractivity contribution in [1.29, 1.82) is 0 Å². The van der Waals surface area contributed by atoms with Crippen LogP contribution in [-0.2, 0) is 12.7 Å². The molecule has 5 heteroatoms. The molecule has 0 saturated carbocycles. The van der Waals surface area contributed by atoms with Crippen LogP contribution in [0, 0.1) is 5.92 Å². The summed E-state index contributed by atoms with van der Waals surface area (Å²) in [5.74, 6) is 0.600. The number of nitrogens with zero attached hydrogens (tertiary/aromatic N) is 1. The van der Waals surface area contributed by atoms with Crippen molar-refractivity contribution in [3.63, 3.8) is 0 Å². The first-order valence-corrected chi connectivity index (χ1v) is 7.10. The number of nitrogens with two attached hydrogens (primary N) is 1. The first kappa shape index (κ1) is 15.2. The predicted molar refractivity (Wildman–Crippen MR) is 74.6 cm³/mol. The fourth-order valence-corrected chi connectivity index (χ4v) is 2.91. The molecule has 1 aromatic carbocycles. The molecule has 20 heavy (non-hydrogen) atoms. The van der Waals surface area contributed by atoms with Crippen molar-refractivity contribution >= 4 is 5.69 Å². The summed E-state index contributed by atoms with van der Waals surface area (Å²) < 4.78 is 39.1. The van der Waals surface area contributed by atoms with Crippen LogP contribution in [-0.4, -0.2) is 13.1 Å². The third-order valence-corrected chi connectivity index (χ3v) is 3.97. The van der Waals surface area contributed by atoms with Gasteiger partial charge in [0, 0.05) is 25.3 Å². The summed E-state index contributed by atoms with van der Waals surface area (Å²) in [6, 6.07) is 4.51. The van der Waals surface area contributed by atoms with Gasteiger partial charge in [0.25, 0.3) is 0 Å². The molecule has 1 saturated heterocycles. The molecule has 0 amide bonds. The largest absolute Gasteiger partial charge is 0.416 e. The van der Waals surface area contributed by atoms with E-state index in [2.05, 4.69) is 11.8 Å². The molecule has 0 radical (unpaired) electrons. The van der Waals surface area contributed by atoms with Crippen LogP contribution in [0.5, 0.6) is 0 Å². The summed E-state index contributed by atoms with van der Waals surface area (Å²) in [5.41, 5.74) is 5.62. The van der Waals surface area contributed by atoms with Crippen LogP contribution in [0.15, 0.2) is 18.2 Å². The second-order valence-corrected chi connectivity index (χ2v) is 5.43. The maximum Gasteiger partial charge on any atom is 0.416 e. The average Bonchev–Trinajstić information content (AvgIpc) is 2.86. The molecular formula is C15H21F3N2. The van der Waals surface area contributed by atoms with Crippen LogP contribution < -0.4 is 10.6 Å². The van der Waals surface area contributed by atoms with Crippen LogP contribution >= 0.6 is 0 Å². The lowest BCUT2D eigenvalue weighted by atomic mass is 10.0. The maximum absolute atomic E-state index is 13.0. The van der Waals surface area contributed by atoms with Crippen molar-refractivity contribution in [3.8, 4) is 0 Å². The minimum absolute atomic E-state index is 0.0897. The lowest BCUT2D eigenvalue weighted by Gasteiger charge is -2.21. The average molecular weight is 286 g/mol. The number of benzene rings is 1. The Kier molecular flexibility index (Phi) is 4.58. The molecule has 2 rings (SSSR count). The second-order valence-electron chi connectivity index (χ2n) is 5.43. The Morgan fingerprint density at radius 1 is 1.35 bits per heavy atom. The van der Waals surface area contributed by atoms with E-state index in [0.29, 0.717) is 11.6 Å². The van der Waals surface area contributed by atoms with Gasteiger partial charge in [0.15, 0.2) is 0 Å². The van der Waals surface area contributed by atoms with Crippen LogP contribution in [0.3, 0.4) is 0 Å². The molecule has 1 heterocycles. The van der Waals surface area contributed by atoms with Crippen molar-refractivity contribution in [3.05, 3.63) is 29.3 Å². The topological polar surface area (TPSA) is 29.3 Å². The third-order valence-electron chi connectivity index (χ3n) is 3.97. The highest BCUT2D eigenvalue weighted by Gasteiger charge is 2.34. The molecule has 1 aliphatic rings. The number of alkyl halides is 3. The maximum atomic E-state index is 13.0. The van der Waals surface area contributed by atoms with Crippen LogP contribution in [0.1, 0.15) is 37.3 Å². The Bertz CT molecular complexity index is 457. The highest BCUT2D eigenvalue weighted by Crippen LogP contribution is 2.36. The van der Waals surface area contributed by atoms with Crippen molar-refractivity contribution in [2.45, 2.75) is 38.9 Å². The monoisotopic (exact) mass is 286 g/mol. The fourth-order valence-electron chi connectivity index (χ4n) is 2.91. The van der Waals surface area contributed by atoms with Crippen molar-refractivity contribution < 1.29 is 13.2 Å². The Hall–Kier alpha value is -1.23. The van der Waals surface area contributed by atoms with E-state index in [1.165, 1.54) is 12.1 Å². The molecule has 0 spiro atoms. The molecule has 1 fully saturated rings. The van der Waals surface area contributed by atoms with E-state index in [1.54, 1.807) is 6.07 Å². The van der Waals surface area contributed by atoms with E-state index in [1.807, 2.05) is 0 Å². The zero-order valence-corrected chi connectivity index (χ0v) is 11.7. The zero-order valence-electron chi connectivity index (χ0n) is 11.7. The van der Waals surface area contributed by atoms with Crippen molar-refractivity contribution in [2.24, 2.45) is 11.7 Å². The quantitative estimate of drug-likeness (QED) is 0.912. The number of rotatable bonds is 4. The van der Waals surface area contributed by atoms with Gasteiger partial charge in [0.05, 0.1) is 5.56 Å². The lowest BCUT2D eigenvalue weighted by molar-refractivity contribution is -0.138. The molecule has 112 valence electrons. The summed E-state index contributed by atoms with van der Waals surface area (Å²) in [4.78, 5) is 2.05. The zero-order chi connectivity index (χ0) is 14.8. The first-order valence-electron chi connectivity index (χ1n) is 7.10. The molecule has 0 aromatic heterocycles. The number of anilines is 1. The predicted octanol–water partition coefficient (Wildman–Crippen LogP) is 3.79. The lowest BCUT2D eigenvalue weighted by Crippen LogP contribution is -2.21. The van der Waals surface area contributed by atoms with Crippen LogP contribution in [0.2, 0.25) is 0 Å². The van der Waals surface area contributed by atoms with Gasteiger partial charge in [-0.2, -0.15) is 13.2 Å². The number of halogens is 3. The summed E-state index contributed by atoms with van der Waals surface area (Å²) in [7, 11) is 0. The van der Waals surface area contributed by atoms with Crippen LogP contribution in [0.4, 0.5) is 18.9 Å². The van der Waals surface area contributed by atoms with Gasteiger partial charge >= 0.3 is 6.18 Å². The van der Waals surface area contributed by atoms with Gasteiger partial charge in [-0.15, -0.1) is 0 Å². The van der Waals surface area contributed by atoms with Crippen LogP contribution in [0.25, 0.3) is 0 Å². The second kappa shape index (κ2) is 6.04. The van der Waals surface area contributed by atoms with Crippen molar-refractivity contribution in [2.75, 3.05) is 18.0 Å². The van der Waals surface area contributed by atoms with Gasteiger partial charge < -0.3 is 10.6 Å². The molecule has 2 nitrogen and oxygen atoms in total. The number of hydrogen-bond acceptors (Lipinski definition) is 2. The smallest absolute Gasteiger partial charge is 0.371 e. The van der Waals surface area contributed by atoms with E-state index in [-0.39, 0.29) is 12.1 Å². The van der Waals surface area contributed by atoms with Gasteiger partial charge in [0.2, 0.25) is 0 Å². The molecule has 0 bridgehead atoms. The molecule has 2 N–H and O–H groups in total. The molecule has 1 atom stereocenters. The number of hydrogen-bond donors (Lipinski definition) is 1. The van der Waals surface area contributed by atoms with Gasteiger partial charge in [0.1, 0.15) is 0 Å². The van der Waals surface area contributed by atoms with Gasteiger partial charge in [-0.3, -0.25) is 0 Å². The van der Waals surface area contributed by atoms with E-state index < -0.39 is 11.7 Å². The summed E-state index contributed by atoms with van der Waals surface area (Å²) in [6.45, 7) is 3.74. The highest BCUT2D eigenvalue weighted by atomic mass is 19.4. The first-order chi connectivity index (χ1) is 9.45. The normalized spacial score (nSPS) is 19.6. The Morgan fingerprint density at radius 3 is 2.70 bits per heavy atom. The summed E-state index contributed by atoms with van der Waals surface area (Å²) in [6.07, 6.45) is -1.01. The summed E-state index contributed by atoms with van der Waals surface area (Å²) >= 11 is 0. The minimum atomic E-state index is -4.34. The molecular weight excluding hydrogens is 265 g/mol. The van der Waals surface area contributed by atoms with E-state index in [0.717, 1.165) is 32.4 Å². The Balaban J connectivity index is 2.22. The molecule has 1 unspecified atom stereocenters.